The van der Waals surface area contributed by atoms with Crippen LogP contribution in [0.2, 0.25) is 5.15 Å². The lowest BCUT2D eigenvalue weighted by Gasteiger charge is -1.99. The van der Waals surface area contributed by atoms with E-state index in [1.807, 2.05) is 0 Å². The van der Waals surface area contributed by atoms with E-state index < -0.39 is 23.3 Å². The van der Waals surface area contributed by atoms with Crippen LogP contribution in [0.4, 0.5) is 4.39 Å². The predicted octanol–water partition coefficient (Wildman–Crippen LogP) is 1.23. The van der Waals surface area contributed by atoms with E-state index in [-0.39, 0.29) is 5.15 Å². The lowest BCUT2D eigenvalue weighted by Crippen LogP contribution is -2.17. The van der Waals surface area contributed by atoms with Gasteiger partial charge in [0.15, 0.2) is 0 Å². The van der Waals surface area contributed by atoms with Gasteiger partial charge in [-0.15, -0.1) is 0 Å². The summed E-state index contributed by atoms with van der Waals surface area (Å²) in [5.41, 5.74) is -0.457. The Morgan fingerprint density at radius 3 is 2.64 bits per heavy atom. The standard InChI is InChI=1S/C8H5ClFNO3/c1-14-8(13)6(12)4-2-3-5(9)11-7(4)10/h2-3H,1H3. The monoisotopic (exact) mass is 217 g/mol. The molecule has 0 atom stereocenters. The number of nitrogens with zero attached hydrogens (tertiary/aromatic N) is 1. The van der Waals surface area contributed by atoms with Crippen LogP contribution in [0, 0.1) is 5.95 Å². The zero-order valence-electron chi connectivity index (χ0n) is 7.08. The van der Waals surface area contributed by atoms with Gasteiger partial charge in [0.05, 0.1) is 12.7 Å². The number of carbonyl (C=O) groups is 2. The van der Waals surface area contributed by atoms with Crippen molar-refractivity contribution in [2.45, 2.75) is 0 Å². The van der Waals surface area contributed by atoms with Crippen molar-refractivity contribution >= 4 is 23.4 Å². The number of hydrogen-bond donors (Lipinski definition) is 0. The van der Waals surface area contributed by atoms with Gasteiger partial charge in [-0.25, -0.2) is 9.78 Å². The molecule has 1 aromatic rings. The second kappa shape index (κ2) is 4.15. The summed E-state index contributed by atoms with van der Waals surface area (Å²) in [7, 11) is 1.03. The third kappa shape index (κ3) is 2.05. The van der Waals surface area contributed by atoms with Crippen molar-refractivity contribution < 1.29 is 18.7 Å². The number of methoxy groups -OCH3 is 1. The molecule has 0 saturated heterocycles. The van der Waals surface area contributed by atoms with Crippen LogP contribution in [0.1, 0.15) is 10.4 Å². The van der Waals surface area contributed by atoms with Crippen LogP contribution in [0.15, 0.2) is 12.1 Å². The van der Waals surface area contributed by atoms with Crippen LogP contribution >= 0.6 is 11.6 Å². The quantitative estimate of drug-likeness (QED) is 0.324. The van der Waals surface area contributed by atoms with Crippen molar-refractivity contribution in [3.05, 3.63) is 28.8 Å². The minimum Gasteiger partial charge on any atom is -0.463 e. The van der Waals surface area contributed by atoms with Crippen molar-refractivity contribution in [1.29, 1.82) is 0 Å². The fourth-order valence-electron chi connectivity index (χ4n) is 0.784. The second-order valence-corrected chi connectivity index (χ2v) is 2.68. The van der Waals surface area contributed by atoms with Crippen molar-refractivity contribution in [1.82, 2.24) is 4.98 Å². The summed E-state index contributed by atoms with van der Waals surface area (Å²) in [6.07, 6.45) is 0. The van der Waals surface area contributed by atoms with E-state index in [0.717, 1.165) is 13.2 Å². The van der Waals surface area contributed by atoms with Crippen LogP contribution in [0.3, 0.4) is 0 Å². The van der Waals surface area contributed by atoms with Gasteiger partial charge in [-0.3, -0.25) is 4.79 Å². The molecule has 1 heterocycles. The molecule has 6 heteroatoms. The molecule has 0 aromatic carbocycles. The number of aromatic nitrogens is 1. The summed E-state index contributed by atoms with van der Waals surface area (Å²) in [5.74, 6) is -3.32. The van der Waals surface area contributed by atoms with Crippen LogP contribution in [0.25, 0.3) is 0 Å². The van der Waals surface area contributed by atoms with E-state index in [0.29, 0.717) is 0 Å². The highest BCUT2D eigenvalue weighted by molar-refractivity contribution is 6.40. The van der Waals surface area contributed by atoms with Gasteiger partial charge in [0.25, 0.3) is 5.78 Å². The summed E-state index contributed by atoms with van der Waals surface area (Å²) in [6, 6.07) is 2.28. The molecule has 0 radical (unpaired) electrons. The van der Waals surface area contributed by atoms with E-state index in [1.54, 1.807) is 0 Å². The maximum absolute atomic E-state index is 13.0. The molecule has 1 aromatic heterocycles. The first-order valence-electron chi connectivity index (χ1n) is 3.51. The fraction of sp³-hybridized carbons (Fsp3) is 0.125. The van der Waals surface area contributed by atoms with E-state index in [2.05, 4.69) is 9.72 Å². The molecule has 0 spiro atoms. The van der Waals surface area contributed by atoms with Gasteiger partial charge in [-0.05, 0) is 12.1 Å². The molecule has 0 amide bonds. The Bertz CT molecular complexity index is 394. The Kier molecular flexibility index (Phi) is 3.14. The lowest BCUT2D eigenvalue weighted by molar-refractivity contribution is -0.135. The average Bonchev–Trinajstić information content (AvgIpc) is 2.15. The molecule has 14 heavy (non-hydrogen) atoms. The van der Waals surface area contributed by atoms with Crippen molar-refractivity contribution in [2.24, 2.45) is 0 Å². The number of halogens is 2. The Morgan fingerprint density at radius 1 is 1.50 bits per heavy atom. The van der Waals surface area contributed by atoms with Crippen LogP contribution in [-0.2, 0) is 9.53 Å². The molecular formula is C8H5ClFNO3. The highest BCUT2D eigenvalue weighted by atomic mass is 35.5. The zero-order valence-corrected chi connectivity index (χ0v) is 7.84. The minimum atomic E-state index is -1.15. The fourth-order valence-corrected chi connectivity index (χ4v) is 0.921. The van der Waals surface area contributed by atoms with Crippen LogP contribution in [0.5, 0.6) is 0 Å². The number of carbonyl (C=O) groups excluding carboxylic acids is 2. The third-order valence-corrected chi connectivity index (χ3v) is 1.64. The van der Waals surface area contributed by atoms with Gasteiger partial charge in [-0.2, -0.15) is 4.39 Å². The molecule has 0 unspecified atom stereocenters. The highest BCUT2D eigenvalue weighted by Gasteiger charge is 2.21. The zero-order chi connectivity index (χ0) is 10.7. The number of Topliss-reactive ketones (excluding diaryl/α,β-unsaturated/α-hetero) is 1. The second-order valence-electron chi connectivity index (χ2n) is 2.29. The number of ether oxygens (including phenoxy) is 1. The molecule has 4 nitrogen and oxygen atoms in total. The van der Waals surface area contributed by atoms with E-state index in [9.17, 15) is 14.0 Å². The first kappa shape index (κ1) is 10.6. The number of esters is 1. The molecule has 0 fully saturated rings. The summed E-state index contributed by atoms with van der Waals surface area (Å²) in [4.78, 5) is 25.0. The summed E-state index contributed by atoms with van der Waals surface area (Å²) >= 11 is 5.36. The smallest absolute Gasteiger partial charge is 0.379 e. The van der Waals surface area contributed by atoms with Gasteiger partial charge >= 0.3 is 5.97 Å². The lowest BCUT2D eigenvalue weighted by atomic mass is 10.2. The largest absolute Gasteiger partial charge is 0.463 e. The molecule has 0 aliphatic heterocycles. The number of pyridine rings is 1. The Labute approximate surface area is 83.7 Å². The van der Waals surface area contributed by atoms with Crippen molar-refractivity contribution in [3.63, 3.8) is 0 Å². The van der Waals surface area contributed by atoms with Crippen molar-refractivity contribution in [2.75, 3.05) is 7.11 Å². The predicted molar refractivity (Wildman–Crippen MR) is 45.6 cm³/mol. The maximum atomic E-state index is 13.0. The number of rotatable bonds is 2. The normalized spacial score (nSPS) is 9.64. The van der Waals surface area contributed by atoms with E-state index in [1.165, 1.54) is 6.07 Å². The summed E-state index contributed by atoms with van der Waals surface area (Å²) in [6.45, 7) is 0. The Hall–Kier alpha value is -1.49. The molecule has 74 valence electrons. The number of ketones is 1. The van der Waals surface area contributed by atoms with E-state index >= 15 is 0 Å². The first-order valence-corrected chi connectivity index (χ1v) is 3.88. The highest BCUT2D eigenvalue weighted by Crippen LogP contribution is 2.11. The number of hydrogen-bond acceptors (Lipinski definition) is 4. The van der Waals surface area contributed by atoms with Crippen LogP contribution < -0.4 is 0 Å². The molecular weight excluding hydrogens is 213 g/mol. The van der Waals surface area contributed by atoms with Crippen molar-refractivity contribution in [3.8, 4) is 0 Å². The Balaban J connectivity index is 3.08. The van der Waals surface area contributed by atoms with E-state index in [4.69, 9.17) is 11.6 Å². The maximum Gasteiger partial charge on any atom is 0.379 e. The molecule has 0 aliphatic carbocycles. The Morgan fingerprint density at radius 2 is 2.14 bits per heavy atom. The molecule has 0 N–H and O–H groups in total. The minimum absolute atomic E-state index is 0.0936. The molecule has 0 saturated carbocycles. The topological polar surface area (TPSA) is 56.3 Å². The average molecular weight is 218 g/mol. The molecule has 1 rings (SSSR count). The SMILES string of the molecule is COC(=O)C(=O)c1ccc(Cl)nc1F. The van der Waals surface area contributed by atoms with Gasteiger partial charge in [-0.1, -0.05) is 11.6 Å². The summed E-state index contributed by atoms with van der Waals surface area (Å²) in [5, 5.41) is -0.0936. The molecule has 0 aliphatic rings. The van der Waals surface area contributed by atoms with Gasteiger partial charge in [0.2, 0.25) is 5.95 Å². The third-order valence-electron chi connectivity index (χ3n) is 1.43. The first-order chi connectivity index (χ1) is 6.56. The van der Waals surface area contributed by atoms with Gasteiger partial charge in [0.1, 0.15) is 5.15 Å². The van der Waals surface area contributed by atoms with Gasteiger partial charge < -0.3 is 4.74 Å². The summed E-state index contributed by atoms with van der Waals surface area (Å²) < 4.78 is 17.1. The van der Waals surface area contributed by atoms with Gasteiger partial charge in [0, 0.05) is 0 Å². The molecule has 0 bridgehead atoms. The van der Waals surface area contributed by atoms with Crippen LogP contribution in [-0.4, -0.2) is 23.8 Å².